The molecule has 1 atom stereocenters. The van der Waals surface area contributed by atoms with Crippen molar-refractivity contribution in [2.24, 2.45) is 0 Å². The van der Waals surface area contributed by atoms with Crippen LogP contribution in [-0.4, -0.2) is 66.5 Å². The predicted molar refractivity (Wildman–Crippen MR) is 162 cm³/mol. The molecule has 4 rings (SSSR count). The molecule has 0 saturated heterocycles. The van der Waals surface area contributed by atoms with Gasteiger partial charge in [-0.2, -0.15) is 9.55 Å². The third kappa shape index (κ3) is 6.18. The number of aromatic nitrogens is 4. The average molecular weight is 615 g/mol. The smallest absolute Gasteiger partial charge is 0.343 e. The molecular formula is C27H34N8O7S. The average Bonchev–Trinajstić information content (AvgIpc) is 3.45. The van der Waals surface area contributed by atoms with Crippen molar-refractivity contribution in [2.45, 2.75) is 32.2 Å². The zero-order chi connectivity index (χ0) is 31.5. The second kappa shape index (κ2) is 12.6. The van der Waals surface area contributed by atoms with Gasteiger partial charge >= 0.3 is 5.82 Å². The van der Waals surface area contributed by atoms with E-state index in [2.05, 4.69) is 15.0 Å². The molecule has 230 valence electrons. The Morgan fingerprint density at radius 2 is 1.77 bits per heavy atom. The number of nitrogen functional groups attached to an aromatic ring is 2. The van der Waals surface area contributed by atoms with Crippen LogP contribution in [0.5, 0.6) is 17.2 Å². The Kier molecular flexibility index (Phi) is 9.08. The number of fused-ring (bicyclic) bond motifs is 1. The molecule has 2 aromatic carbocycles. The van der Waals surface area contributed by atoms with E-state index in [1.807, 2.05) is 17.9 Å². The summed E-state index contributed by atoms with van der Waals surface area (Å²) < 4.78 is 45.0. The molecule has 0 aliphatic heterocycles. The number of ether oxygens (including phenoxy) is 3. The predicted octanol–water partition coefficient (Wildman–Crippen LogP) is 3.26. The highest BCUT2D eigenvalue weighted by Gasteiger charge is 2.33. The fourth-order valence-corrected chi connectivity index (χ4v) is 6.83. The van der Waals surface area contributed by atoms with E-state index in [-0.39, 0.29) is 37.0 Å². The van der Waals surface area contributed by atoms with Gasteiger partial charge in [-0.25, -0.2) is 18.4 Å². The minimum absolute atomic E-state index is 0.0190. The molecule has 0 fully saturated rings. The van der Waals surface area contributed by atoms with Gasteiger partial charge < -0.3 is 40.7 Å². The van der Waals surface area contributed by atoms with Crippen molar-refractivity contribution in [1.82, 2.24) is 19.5 Å². The fraction of sp³-hybridized carbons (Fsp3) is 0.370. The molecule has 0 bridgehead atoms. The Morgan fingerprint density at radius 1 is 1.09 bits per heavy atom. The number of benzene rings is 2. The zero-order valence-electron chi connectivity index (χ0n) is 24.5. The van der Waals surface area contributed by atoms with E-state index < -0.39 is 26.0 Å². The molecule has 0 radical (unpaired) electrons. The number of methoxy groups -OCH3 is 3. The maximum absolute atomic E-state index is 13.7. The first-order valence-electron chi connectivity index (χ1n) is 13.2. The third-order valence-electron chi connectivity index (χ3n) is 7.21. The third-order valence-corrected chi connectivity index (χ3v) is 9.35. The van der Waals surface area contributed by atoms with Crippen LogP contribution in [0.25, 0.3) is 10.9 Å². The Bertz CT molecular complexity index is 1730. The summed E-state index contributed by atoms with van der Waals surface area (Å²) >= 11 is 0. The number of hydrogen-bond donors (Lipinski definition) is 2. The number of nitrogens with two attached hydrogens (primary N) is 2. The SMILES string of the molecule is CCC(n1cncc1[N+](=O)[O-])S(=O)(=O)CCN(Cc1ccc2nc(N)nc(N)c2c1C)c1cc(OC)c(OC)c(OC)c1. The lowest BCUT2D eigenvalue weighted by molar-refractivity contribution is -0.392. The van der Waals surface area contributed by atoms with Crippen LogP contribution in [0.15, 0.2) is 36.8 Å². The highest BCUT2D eigenvalue weighted by Crippen LogP contribution is 2.41. The van der Waals surface area contributed by atoms with Gasteiger partial charge in [0.05, 0.1) is 32.6 Å². The van der Waals surface area contributed by atoms with Gasteiger partial charge in [0.25, 0.3) is 0 Å². The monoisotopic (exact) mass is 614 g/mol. The quantitative estimate of drug-likeness (QED) is 0.164. The molecule has 43 heavy (non-hydrogen) atoms. The zero-order valence-corrected chi connectivity index (χ0v) is 25.3. The largest absolute Gasteiger partial charge is 0.493 e. The van der Waals surface area contributed by atoms with Crippen LogP contribution in [0.3, 0.4) is 0 Å². The molecule has 1 unspecified atom stereocenters. The fourth-order valence-electron chi connectivity index (χ4n) is 5.07. The van der Waals surface area contributed by atoms with Crippen LogP contribution in [0.1, 0.15) is 29.8 Å². The minimum Gasteiger partial charge on any atom is -0.493 e. The maximum Gasteiger partial charge on any atom is 0.343 e. The van der Waals surface area contributed by atoms with Crippen molar-refractivity contribution in [3.05, 3.63) is 58.0 Å². The standard InChI is InChI=1S/C27H34N8O7S/c1-6-23(34-15-30-13-22(34)35(36)37)43(38,39)10-9-33(18-11-20(40-3)25(42-5)21(12-18)41-4)14-17-7-8-19-24(16(17)2)26(28)32-27(29)31-19/h7-8,11-13,15,23H,6,9-10,14H2,1-5H3,(H4,28,29,31,32). The topological polar surface area (TPSA) is 204 Å². The lowest BCUT2D eigenvalue weighted by atomic mass is 10.0. The summed E-state index contributed by atoms with van der Waals surface area (Å²) in [4.78, 5) is 24.9. The Balaban J connectivity index is 1.77. The van der Waals surface area contributed by atoms with Gasteiger partial charge in [-0.3, -0.25) is 0 Å². The van der Waals surface area contributed by atoms with Gasteiger partial charge in [0, 0.05) is 42.7 Å². The summed E-state index contributed by atoms with van der Waals surface area (Å²) in [5.74, 6) is 0.711. The molecule has 4 aromatic rings. The number of sulfone groups is 1. The van der Waals surface area contributed by atoms with E-state index in [1.54, 1.807) is 25.1 Å². The molecule has 0 aliphatic carbocycles. The number of anilines is 3. The van der Waals surface area contributed by atoms with Gasteiger partial charge in [-0.05, 0) is 29.0 Å². The first kappa shape index (κ1) is 31.1. The molecule has 0 spiro atoms. The normalized spacial score (nSPS) is 12.2. The highest BCUT2D eigenvalue weighted by atomic mass is 32.2. The van der Waals surface area contributed by atoms with Gasteiger partial charge in [0.2, 0.25) is 17.1 Å². The summed E-state index contributed by atoms with van der Waals surface area (Å²) in [7, 11) is 0.552. The van der Waals surface area contributed by atoms with Gasteiger partial charge in [-0.15, -0.1) is 0 Å². The summed E-state index contributed by atoms with van der Waals surface area (Å²) in [6.07, 6.45) is 2.31. The molecule has 15 nitrogen and oxygen atoms in total. The molecule has 0 saturated carbocycles. The molecule has 16 heteroatoms. The Morgan fingerprint density at radius 3 is 2.35 bits per heavy atom. The van der Waals surface area contributed by atoms with Crippen molar-refractivity contribution >= 4 is 44.0 Å². The number of aryl methyl sites for hydroxylation is 1. The first-order chi connectivity index (χ1) is 20.4. The second-order valence-corrected chi connectivity index (χ2v) is 11.9. The molecular weight excluding hydrogens is 580 g/mol. The number of nitrogens with zero attached hydrogens (tertiary/aromatic N) is 6. The van der Waals surface area contributed by atoms with Crippen LogP contribution in [0, 0.1) is 17.0 Å². The Hall–Kier alpha value is -4.86. The lowest BCUT2D eigenvalue weighted by Crippen LogP contribution is -2.32. The van der Waals surface area contributed by atoms with E-state index in [0.717, 1.165) is 21.9 Å². The van der Waals surface area contributed by atoms with Crippen molar-refractivity contribution in [1.29, 1.82) is 0 Å². The van der Waals surface area contributed by atoms with E-state index in [0.29, 0.717) is 33.8 Å². The number of rotatable bonds is 13. The van der Waals surface area contributed by atoms with E-state index in [4.69, 9.17) is 25.7 Å². The Labute approximate surface area is 248 Å². The highest BCUT2D eigenvalue weighted by molar-refractivity contribution is 7.91. The van der Waals surface area contributed by atoms with Gasteiger partial charge in [0.15, 0.2) is 27.7 Å². The van der Waals surface area contributed by atoms with Crippen LogP contribution in [0.4, 0.5) is 23.3 Å². The molecule has 4 N–H and O–H groups in total. The molecule has 2 heterocycles. The number of nitro groups is 1. The molecule has 0 amide bonds. The van der Waals surface area contributed by atoms with E-state index in [9.17, 15) is 18.5 Å². The van der Waals surface area contributed by atoms with Crippen LogP contribution >= 0.6 is 0 Å². The first-order valence-corrected chi connectivity index (χ1v) is 14.9. The summed E-state index contributed by atoms with van der Waals surface area (Å²) in [6, 6.07) is 7.09. The van der Waals surface area contributed by atoms with Crippen LogP contribution in [-0.2, 0) is 16.4 Å². The lowest BCUT2D eigenvalue weighted by Gasteiger charge is -2.28. The van der Waals surface area contributed by atoms with Crippen molar-refractivity contribution in [3.8, 4) is 17.2 Å². The van der Waals surface area contributed by atoms with Gasteiger partial charge in [-0.1, -0.05) is 13.0 Å². The van der Waals surface area contributed by atoms with Crippen LogP contribution < -0.4 is 30.6 Å². The van der Waals surface area contributed by atoms with Gasteiger partial charge in [0.1, 0.15) is 12.0 Å². The minimum atomic E-state index is -3.91. The van der Waals surface area contributed by atoms with Crippen molar-refractivity contribution in [3.63, 3.8) is 0 Å². The van der Waals surface area contributed by atoms with Crippen LogP contribution in [0.2, 0.25) is 0 Å². The molecule has 2 aromatic heterocycles. The van der Waals surface area contributed by atoms with E-state index >= 15 is 0 Å². The number of imidazole rings is 1. The van der Waals surface area contributed by atoms with Crippen molar-refractivity contribution < 1.29 is 27.6 Å². The summed E-state index contributed by atoms with van der Waals surface area (Å²) in [6.45, 7) is 3.80. The van der Waals surface area contributed by atoms with E-state index in [1.165, 1.54) is 27.7 Å². The second-order valence-electron chi connectivity index (χ2n) is 9.66. The summed E-state index contributed by atoms with van der Waals surface area (Å²) in [5, 5.41) is 11.0. The molecule has 0 aliphatic rings. The number of hydrogen-bond acceptors (Lipinski definition) is 13. The van der Waals surface area contributed by atoms with Crippen molar-refractivity contribution in [2.75, 3.05) is 50.0 Å². The maximum atomic E-state index is 13.7. The summed E-state index contributed by atoms with van der Waals surface area (Å²) in [5.41, 5.74) is 14.8.